The van der Waals surface area contributed by atoms with Crippen LogP contribution in [0.15, 0.2) is 0 Å². The van der Waals surface area contributed by atoms with Crippen LogP contribution in [0.5, 0.6) is 0 Å². The Hall–Kier alpha value is 1.51. The zero-order valence-corrected chi connectivity index (χ0v) is 25.0. The van der Waals surface area contributed by atoms with Gasteiger partial charge in [-0.1, -0.05) is 34.6 Å². The summed E-state index contributed by atoms with van der Waals surface area (Å²) < 4.78 is 0. The molecule has 0 aromatic heterocycles. The van der Waals surface area contributed by atoms with Gasteiger partial charge in [-0.2, -0.15) is 0 Å². The van der Waals surface area contributed by atoms with Gasteiger partial charge in [-0.25, -0.2) is 0 Å². The van der Waals surface area contributed by atoms with Crippen LogP contribution in [0.3, 0.4) is 0 Å². The van der Waals surface area contributed by atoms with Crippen molar-refractivity contribution in [2.75, 3.05) is 0 Å². The van der Waals surface area contributed by atoms with Crippen LogP contribution in [0.1, 0.15) is 106 Å². The number of carboxylic acid groups (broad SMARTS) is 1. The molecule has 0 saturated heterocycles. The second-order valence-electron chi connectivity index (χ2n) is 14.5. The molecular weight excluding hydrogens is 634 g/mol. The van der Waals surface area contributed by atoms with Crippen molar-refractivity contribution in [3.63, 3.8) is 0 Å². The molecule has 5 aliphatic carbocycles. The van der Waals surface area contributed by atoms with E-state index in [9.17, 15) is 20.1 Å². The fourth-order valence-electron chi connectivity index (χ4n) is 11.5. The van der Waals surface area contributed by atoms with Gasteiger partial charge in [0, 0.05) is 71.9 Å². The predicted octanol–water partition coefficient (Wildman–Crippen LogP) is 5.89. The summed E-state index contributed by atoms with van der Waals surface area (Å²) in [6.45, 7) is 14.1. The summed E-state index contributed by atoms with van der Waals surface area (Å²) in [6, 6.07) is 0. The number of carboxylic acids is 1. The Morgan fingerprint density at radius 1 is 0.824 bits per heavy atom. The van der Waals surface area contributed by atoms with Gasteiger partial charge >= 0.3 is 5.97 Å². The number of hydrogen-bond acceptors (Lipinski definition) is 3. The van der Waals surface area contributed by atoms with Crippen LogP contribution in [-0.2, 0) is 4.79 Å². The molecule has 0 aromatic carbocycles. The first kappa shape index (κ1) is 28.5. The van der Waals surface area contributed by atoms with Crippen molar-refractivity contribution in [2.45, 2.75) is 118 Å². The predicted molar refractivity (Wildman–Crippen MR) is 129 cm³/mol. The Morgan fingerprint density at radius 3 is 2.12 bits per heavy atom. The van der Waals surface area contributed by atoms with E-state index in [4.69, 9.17) is 0 Å². The zero-order valence-electron chi connectivity index (χ0n) is 22.2. The first-order valence-electron chi connectivity index (χ1n) is 13.9. The van der Waals surface area contributed by atoms with Crippen molar-refractivity contribution < 1.29 is 92.0 Å². The average molecular weight is 683 g/mol. The van der Waals surface area contributed by atoms with Gasteiger partial charge in [0.15, 0.2) is 0 Å². The maximum atomic E-state index is 12.7. The van der Waals surface area contributed by atoms with Crippen LogP contribution >= 0.6 is 0 Å². The third kappa shape index (κ3) is 3.51. The summed E-state index contributed by atoms with van der Waals surface area (Å²) in [5.41, 5.74) is -0.126. The van der Waals surface area contributed by atoms with Gasteiger partial charge < -0.3 is 15.3 Å². The summed E-state index contributed by atoms with van der Waals surface area (Å²) >= 11 is 0. The van der Waals surface area contributed by atoms with E-state index in [0.29, 0.717) is 17.8 Å². The second kappa shape index (κ2) is 9.03. The number of hydrogen-bond donors (Lipinski definition) is 3. The van der Waals surface area contributed by atoms with Crippen molar-refractivity contribution in [3.8, 4) is 0 Å². The Morgan fingerprint density at radius 2 is 1.50 bits per heavy atom. The summed E-state index contributed by atoms with van der Waals surface area (Å²) in [6.07, 6.45) is 9.39. The second-order valence-corrected chi connectivity index (χ2v) is 14.5. The van der Waals surface area contributed by atoms with E-state index < -0.39 is 17.5 Å². The Kier molecular flexibility index (Phi) is 7.57. The molecule has 0 radical (unpaired) electrons. The van der Waals surface area contributed by atoms with Crippen LogP contribution in [-0.4, -0.2) is 33.5 Å². The minimum Gasteiger partial charge on any atom is -0.481 e. The number of rotatable bonds is 2. The largest absolute Gasteiger partial charge is 0.481 e. The molecule has 196 valence electrons. The van der Waals surface area contributed by atoms with Crippen molar-refractivity contribution in [3.05, 3.63) is 0 Å². The Labute approximate surface area is 269 Å². The molecule has 0 aliphatic heterocycles. The van der Waals surface area contributed by atoms with Crippen LogP contribution in [0.25, 0.3) is 0 Å². The first-order chi connectivity index (χ1) is 15.3. The molecule has 5 rings (SSSR count). The van der Waals surface area contributed by atoms with E-state index >= 15 is 0 Å². The number of aliphatic hydroxyl groups is 2. The van der Waals surface area contributed by atoms with Gasteiger partial charge in [-0.05, 0) is 122 Å². The molecule has 5 aliphatic rings. The van der Waals surface area contributed by atoms with Crippen LogP contribution in [0.2, 0.25) is 0 Å². The van der Waals surface area contributed by atoms with Crippen molar-refractivity contribution in [1.82, 2.24) is 0 Å². The molecule has 0 heterocycles. The third-order valence-electron chi connectivity index (χ3n) is 13.5. The van der Waals surface area contributed by atoms with E-state index in [1.54, 1.807) is 0 Å². The molecule has 0 spiro atoms. The van der Waals surface area contributed by atoms with Gasteiger partial charge in [0.25, 0.3) is 0 Å². The van der Waals surface area contributed by atoms with Gasteiger partial charge in [0.05, 0.1) is 17.6 Å². The zero-order chi connectivity index (χ0) is 24.2. The molecule has 5 unspecified atom stereocenters. The molecule has 5 fully saturated rings. The fraction of sp³-hybridized carbons (Fsp3) is 0.966. The molecule has 3 N–H and O–H groups in total. The van der Waals surface area contributed by atoms with Crippen molar-refractivity contribution in [2.24, 2.45) is 56.7 Å². The average Bonchev–Trinajstić information content (AvgIpc) is 3.13. The molecule has 4 nitrogen and oxygen atoms in total. The standard InChI is InChI=1S/C29H48O4.Rn/c1-17(30)18-9-14-29(24(32)33)16-15-27(5)19(23(18)29)7-8-21-26(4)12-11-22(31)25(2,3)20(26)10-13-28(21,27)6;/h17-23,30-31H,7-16H2,1-6H3,(H,32,33);/t17?,18-,19?,20?,21?,22-,23?,26-,27+,28+,29-;/m0./s1. The normalized spacial score (nSPS) is 54.5. The number of fused-ring (bicyclic) bond motifs is 7. The monoisotopic (exact) mass is 682 g/mol. The Bertz CT molecular complexity index is 827. The molecular formula is C29H48O4Rn. The smallest absolute Gasteiger partial charge is 0.309 e. The quantitative estimate of drug-likeness (QED) is 0.340. The van der Waals surface area contributed by atoms with Gasteiger partial charge in [0.1, 0.15) is 0 Å². The first-order valence-corrected chi connectivity index (χ1v) is 13.9. The summed E-state index contributed by atoms with van der Waals surface area (Å²) in [7, 11) is 0. The minimum absolute atomic E-state index is 0. The van der Waals surface area contributed by atoms with Gasteiger partial charge in [-0.3, -0.25) is 4.79 Å². The Balaban J connectivity index is 0.00000274. The molecule has 0 aromatic rings. The maximum absolute atomic E-state index is 12.7. The fourth-order valence-corrected chi connectivity index (χ4v) is 11.5. The minimum atomic E-state index is -0.632. The van der Waals surface area contributed by atoms with Crippen LogP contribution in [0.4, 0.5) is 0 Å². The SMILES string of the molecule is CC(O)[C@@H]1CC[C@]2(C(=O)O)CC[C@]3(C)C(CCC4[C@@]5(C)CC[C@H](O)C(C)(C)C5CC[C@]43C)C12.[Rn]. The molecule has 11 atom stereocenters. The van der Waals surface area contributed by atoms with E-state index in [-0.39, 0.29) is 111 Å². The summed E-state index contributed by atoms with van der Waals surface area (Å²) in [4.78, 5) is 12.7. The summed E-state index contributed by atoms with van der Waals surface area (Å²) in [5, 5.41) is 32.0. The van der Waals surface area contributed by atoms with E-state index in [2.05, 4.69) is 34.6 Å². The topological polar surface area (TPSA) is 77.8 Å². The number of carbonyl (C=O) groups is 1. The summed E-state index contributed by atoms with van der Waals surface area (Å²) in [5.74, 6) is 1.16. The molecule has 0 bridgehead atoms. The maximum Gasteiger partial charge on any atom is 0.309 e. The molecule has 5 heteroatoms. The van der Waals surface area contributed by atoms with E-state index in [1.165, 1.54) is 19.3 Å². The van der Waals surface area contributed by atoms with Crippen LogP contribution in [0, 0.1) is 129 Å². The van der Waals surface area contributed by atoms with Gasteiger partial charge in [0.2, 0.25) is 0 Å². The van der Waals surface area contributed by atoms with E-state index in [0.717, 1.165) is 44.9 Å². The molecule has 5 saturated carbocycles. The van der Waals surface area contributed by atoms with E-state index in [1.807, 2.05) is 6.92 Å². The molecule has 34 heavy (non-hydrogen) atoms. The van der Waals surface area contributed by atoms with Crippen molar-refractivity contribution in [1.29, 1.82) is 0 Å². The number of aliphatic hydroxyl groups excluding tert-OH is 2. The number of aliphatic carboxylic acids is 1. The molecule has 0 amide bonds. The van der Waals surface area contributed by atoms with Crippen molar-refractivity contribution >= 4 is 5.97 Å². The van der Waals surface area contributed by atoms with Gasteiger partial charge in [-0.15, -0.1) is 0 Å². The van der Waals surface area contributed by atoms with Crippen LogP contribution < -0.4 is 0 Å². The third-order valence-corrected chi connectivity index (χ3v) is 13.5.